The van der Waals surface area contributed by atoms with Crippen molar-refractivity contribution in [1.82, 2.24) is 9.88 Å². The van der Waals surface area contributed by atoms with Crippen LogP contribution in [-0.2, 0) is 11.2 Å². The molecule has 1 amide bonds. The van der Waals surface area contributed by atoms with Crippen LogP contribution in [0.3, 0.4) is 0 Å². The van der Waals surface area contributed by atoms with E-state index < -0.39 is 5.97 Å². The smallest absolute Gasteiger partial charge is 0.305 e. The van der Waals surface area contributed by atoms with E-state index in [2.05, 4.69) is 4.98 Å². The van der Waals surface area contributed by atoms with Crippen molar-refractivity contribution in [2.75, 3.05) is 13.1 Å². The molecule has 1 heterocycles. The van der Waals surface area contributed by atoms with Crippen LogP contribution in [0.5, 0.6) is 0 Å². The van der Waals surface area contributed by atoms with Gasteiger partial charge in [-0.2, -0.15) is 0 Å². The quantitative estimate of drug-likeness (QED) is 0.851. The molecule has 2 rings (SSSR count). The zero-order chi connectivity index (χ0) is 15.8. The molecule has 5 heteroatoms. The molecule has 0 atom stereocenters. The predicted octanol–water partition coefficient (Wildman–Crippen LogP) is 2.24. The number of pyridine rings is 1. The number of benzene rings is 1. The van der Waals surface area contributed by atoms with Crippen LogP contribution in [0.4, 0.5) is 0 Å². The van der Waals surface area contributed by atoms with E-state index in [0.29, 0.717) is 18.5 Å². The summed E-state index contributed by atoms with van der Waals surface area (Å²) in [5.41, 5.74) is 1.59. The fourth-order valence-electron chi connectivity index (χ4n) is 2.13. The van der Waals surface area contributed by atoms with E-state index in [1.165, 1.54) is 6.20 Å². The van der Waals surface area contributed by atoms with Crippen LogP contribution in [0.25, 0.3) is 0 Å². The number of carbonyl (C=O) groups is 2. The maximum Gasteiger partial charge on any atom is 0.305 e. The van der Waals surface area contributed by atoms with Crippen molar-refractivity contribution in [3.63, 3.8) is 0 Å². The van der Waals surface area contributed by atoms with Crippen molar-refractivity contribution >= 4 is 11.9 Å². The van der Waals surface area contributed by atoms with Crippen molar-refractivity contribution in [1.29, 1.82) is 0 Å². The van der Waals surface area contributed by atoms with Crippen molar-refractivity contribution in [2.45, 2.75) is 12.8 Å². The lowest BCUT2D eigenvalue weighted by molar-refractivity contribution is -0.137. The minimum atomic E-state index is -0.913. The SMILES string of the molecule is O=C(O)CCN(CCc1ccccc1)C(=O)c1cccnc1. The van der Waals surface area contributed by atoms with Crippen LogP contribution in [0.1, 0.15) is 22.3 Å². The number of aromatic nitrogens is 1. The highest BCUT2D eigenvalue weighted by Gasteiger charge is 2.16. The summed E-state index contributed by atoms with van der Waals surface area (Å²) in [5, 5.41) is 8.85. The molecule has 5 nitrogen and oxygen atoms in total. The number of rotatable bonds is 7. The summed E-state index contributed by atoms with van der Waals surface area (Å²) in [5.74, 6) is -1.10. The van der Waals surface area contributed by atoms with Crippen LogP contribution < -0.4 is 0 Å². The van der Waals surface area contributed by atoms with Gasteiger partial charge in [-0.3, -0.25) is 14.6 Å². The molecular formula is C17H18N2O3. The van der Waals surface area contributed by atoms with E-state index in [0.717, 1.165) is 5.56 Å². The lowest BCUT2D eigenvalue weighted by Crippen LogP contribution is -2.34. The Morgan fingerprint density at radius 2 is 1.82 bits per heavy atom. The van der Waals surface area contributed by atoms with Crippen molar-refractivity contribution in [3.05, 3.63) is 66.0 Å². The summed E-state index contributed by atoms with van der Waals surface area (Å²) in [7, 11) is 0. The molecule has 0 saturated heterocycles. The summed E-state index contributed by atoms with van der Waals surface area (Å²) in [6, 6.07) is 13.2. The average molecular weight is 298 g/mol. The average Bonchev–Trinajstić information content (AvgIpc) is 2.56. The molecule has 114 valence electrons. The lowest BCUT2D eigenvalue weighted by atomic mass is 10.1. The van der Waals surface area contributed by atoms with Gasteiger partial charge in [0.15, 0.2) is 0 Å². The van der Waals surface area contributed by atoms with Gasteiger partial charge in [0.2, 0.25) is 0 Å². The Morgan fingerprint density at radius 3 is 2.45 bits per heavy atom. The summed E-state index contributed by atoms with van der Waals surface area (Å²) < 4.78 is 0. The highest BCUT2D eigenvalue weighted by Crippen LogP contribution is 2.07. The summed E-state index contributed by atoms with van der Waals surface area (Å²) in [6.45, 7) is 0.668. The molecule has 1 aromatic heterocycles. The summed E-state index contributed by atoms with van der Waals surface area (Å²) in [6.07, 6.45) is 3.72. The van der Waals surface area contributed by atoms with Crippen LogP contribution in [0, 0.1) is 0 Å². The van der Waals surface area contributed by atoms with Crippen LogP contribution in [0.15, 0.2) is 54.9 Å². The van der Waals surface area contributed by atoms with Crippen molar-refractivity contribution in [2.24, 2.45) is 0 Å². The van der Waals surface area contributed by atoms with E-state index in [1.807, 2.05) is 30.3 Å². The van der Waals surface area contributed by atoms with E-state index in [1.54, 1.807) is 23.2 Å². The van der Waals surface area contributed by atoms with Crippen LogP contribution in [-0.4, -0.2) is 40.0 Å². The van der Waals surface area contributed by atoms with Gasteiger partial charge in [0, 0.05) is 25.5 Å². The Hall–Kier alpha value is -2.69. The normalized spacial score (nSPS) is 10.2. The number of hydrogen-bond acceptors (Lipinski definition) is 3. The lowest BCUT2D eigenvalue weighted by Gasteiger charge is -2.22. The summed E-state index contributed by atoms with van der Waals surface area (Å²) >= 11 is 0. The standard InChI is InChI=1S/C17H18N2O3/c20-16(21)9-12-19(11-8-14-5-2-1-3-6-14)17(22)15-7-4-10-18-13-15/h1-7,10,13H,8-9,11-12H2,(H,20,21). The largest absolute Gasteiger partial charge is 0.481 e. The number of hydrogen-bond donors (Lipinski definition) is 1. The van der Waals surface area contributed by atoms with Crippen LogP contribution in [0.2, 0.25) is 0 Å². The molecule has 1 N–H and O–H groups in total. The molecule has 0 fully saturated rings. The van der Waals surface area contributed by atoms with Gasteiger partial charge < -0.3 is 10.0 Å². The predicted molar refractivity (Wildman–Crippen MR) is 82.5 cm³/mol. The Kier molecular flexibility index (Phi) is 5.65. The first-order chi connectivity index (χ1) is 10.7. The maximum absolute atomic E-state index is 12.5. The van der Waals surface area contributed by atoms with Gasteiger partial charge in [-0.25, -0.2) is 0 Å². The van der Waals surface area contributed by atoms with Crippen molar-refractivity contribution < 1.29 is 14.7 Å². The fourth-order valence-corrected chi connectivity index (χ4v) is 2.13. The van der Waals surface area contributed by atoms with E-state index in [-0.39, 0.29) is 18.9 Å². The van der Waals surface area contributed by atoms with Gasteiger partial charge in [-0.15, -0.1) is 0 Å². The fraction of sp³-hybridized carbons (Fsp3) is 0.235. The number of carboxylic acids is 1. The monoisotopic (exact) mass is 298 g/mol. The van der Waals surface area contributed by atoms with E-state index in [4.69, 9.17) is 5.11 Å². The molecule has 0 aliphatic carbocycles. The number of nitrogens with zero attached hydrogens (tertiary/aromatic N) is 2. The van der Waals surface area contributed by atoms with E-state index >= 15 is 0 Å². The van der Waals surface area contributed by atoms with Gasteiger partial charge in [-0.1, -0.05) is 30.3 Å². The second kappa shape index (κ2) is 7.93. The molecule has 22 heavy (non-hydrogen) atoms. The number of aliphatic carboxylic acids is 1. The van der Waals surface area contributed by atoms with Gasteiger partial charge in [-0.05, 0) is 24.1 Å². The molecule has 2 aromatic rings. The molecule has 0 spiro atoms. The van der Waals surface area contributed by atoms with Gasteiger partial charge in [0.05, 0.1) is 12.0 Å². The summed E-state index contributed by atoms with van der Waals surface area (Å²) in [4.78, 5) is 28.8. The minimum Gasteiger partial charge on any atom is -0.481 e. The Labute approximate surface area is 129 Å². The first-order valence-corrected chi connectivity index (χ1v) is 7.12. The molecule has 0 aliphatic rings. The number of carbonyl (C=O) groups excluding carboxylic acids is 1. The molecule has 0 radical (unpaired) electrons. The molecule has 0 aliphatic heterocycles. The highest BCUT2D eigenvalue weighted by molar-refractivity contribution is 5.94. The molecule has 0 unspecified atom stereocenters. The molecular weight excluding hydrogens is 280 g/mol. The molecule has 0 saturated carbocycles. The third-order valence-electron chi connectivity index (χ3n) is 3.30. The topological polar surface area (TPSA) is 70.5 Å². The Morgan fingerprint density at radius 1 is 1.05 bits per heavy atom. The van der Waals surface area contributed by atoms with E-state index in [9.17, 15) is 9.59 Å². The molecule has 1 aromatic carbocycles. The Balaban J connectivity index is 2.05. The van der Waals surface area contributed by atoms with Gasteiger partial charge >= 0.3 is 5.97 Å². The minimum absolute atomic E-state index is 0.0687. The first-order valence-electron chi connectivity index (χ1n) is 7.12. The second-order valence-corrected chi connectivity index (χ2v) is 4.91. The zero-order valence-corrected chi connectivity index (χ0v) is 12.2. The Bertz CT molecular complexity index is 614. The zero-order valence-electron chi connectivity index (χ0n) is 12.2. The first kappa shape index (κ1) is 15.7. The third kappa shape index (κ3) is 4.70. The van der Waals surface area contributed by atoms with Crippen LogP contribution >= 0.6 is 0 Å². The highest BCUT2D eigenvalue weighted by atomic mass is 16.4. The van der Waals surface area contributed by atoms with Gasteiger partial charge in [0.25, 0.3) is 5.91 Å². The molecule has 0 bridgehead atoms. The number of amides is 1. The van der Waals surface area contributed by atoms with Gasteiger partial charge in [0.1, 0.15) is 0 Å². The van der Waals surface area contributed by atoms with Crippen molar-refractivity contribution in [3.8, 4) is 0 Å². The number of carboxylic acid groups (broad SMARTS) is 1. The third-order valence-corrected chi connectivity index (χ3v) is 3.30. The second-order valence-electron chi connectivity index (χ2n) is 4.91. The maximum atomic E-state index is 12.5.